The van der Waals surface area contributed by atoms with E-state index in [0.29, 0.717) is 23.7 Å². The predicted octanol–water partition coefficient (Wildman–Crippen LogP) is 1.47. The zero-order valence-electron chi connectivity index (χ0n) is 10.8. The number of nitrogen functional groups attached to an aromatic ring is 1. The third-order valence-corrected chi connectivity index (χ3v) is 3.67. The molecule has 1 fully saturated rings. The van der Waals surface area contributed by atoms with Crippen LogP contribution >= 0.6 is 0 Å². The van der Waals surface area contributed by atoms with Crippen molar-refractivity contribution in [1.82, 2.24) is 4.90 Å². The number of piperidine rings is 1. The Kier molecular flexibility index (Phi) is 3.87. The molecule has 4 nitrogen and oxygen atoms in total. The summed E-state index contributed by atoms with van der Waals surface area (Å²) < 4.78 is 0. The third kappa shape index (κ3) is 2.64. The monoisotopic (exact) mass is 247 g/mol. The molecule has 2 atom stereocenters. The largest absolute Gasteiger partial charge is 0.399 e. The Hall–Kier alpha value is -1.55. The van der Waals surface area contributed by atoms with Crippen molar-refractivity contribution in [3.8, 4) is 0 Å². The SMILES string of the molecule is CC1CCN(C(=O)c2ccc(N)cc2)C(CN)C1. The normalized spacial score (nSPS) is 24.0. The van der Waals surface area contributed by atoms with E-state index in [1.165, 1.54) is 0 Å². The van der Waals surface area contributed by atoms with Gasteiger partial charge in [0.25, 0.3) is 5.91 Å². The van der Waals surface area contributed by atoms with Gasteiger partial charge in [-0.25, -0.2) is 0 Å². The van der Waals surface area contributed by atoms with E-state index in [1.807, 2.05) is 4.90 Å². The topological polar surface area (TPSA) is 72.3 Å². The Morgan fingerprint density at radius 1 is 1.39 bits per heavy atom. The Labute approximate surface area is 108 Å². The van der Waals surface area contributed by atoms with E-state index in [-0.39, 0.29) is 11.9 Å². The first kappa shape index (κ1) is 12.9. The number of nitrogens with two attached hydrogens (primary N) is 2. The van der Waals surface area contributed by atoms with Crippen LogP contribution in [0.4, 0.5) is 5.69 Å². The summed E-state index contributed by atoms with van der Waals surface area (Å²) in [6.07, 6.45) is 2.05. The van der Waals surface area contributed by atoms with Crippen LogP contribution in [0.25, 0.3) is 0 Å². The standard InChI is InChI=1S/C14H21N3O/c1-10-6-7-17(13(8-10)9-15)14(18)11-2-4-12(16)5-3-11/h2-5,10,13H,6-9,15-16H2,1H3. The molecule has 0 radical (unpaired) electrons. The van der Waals surface area contributed by atoms with E-state index in [2.05, 4.69) is 6.92 Å². The van der Waals surface area contributed by atoms with E-state index < -0.39 is 0 Å². The van der Waals surface area contributed by atoms with E-state index in [0.717, 1.165) is 19.4 Å². The minimum atomic E-state index is 0.0670. The Morgan fingerprint density at radius 2 is 2.06 bits per heavy atom. The summed E-state index contributed by atoms with van der Waals surface area (Å²) in [5, 5.41) is 0. The fraction of sp³-hybridized carbons (Fsp3) is 0.500. The molecule has 18 heavy (non-hydrogen) atoms. The van der Waals surface area contributed by atoms with Crippen LogP contribution in [0.15, 0.2) is 24.3 Å². The van der Waals surface area contributed by atoms with E-state index in [4.69, 9.17) is 11.5 Å². The minimum Gasteiger partial charge on any atom is -0.399 e. The van der Waals surface area contributed by atoms with Crippen molar-refractivity contribution in [1.29, 1.82) is 0 Å². The molecule has 0 saturated carbocycles. The number of hydrogen-bond acceptors (Lipinski definition) is 3. The third-order valence-electron chi connectivity index (χ3n) is 3.67. The first-order chi connectivity index (χ1) is 8.61. The first-order valence-electron chi connectivity index (χ1n) is 6.48. The summed E-state index contributed by atoms with van der Waals surface area (Å²) in [6.45, 7) is 3.55. The van der Waals surface area contributed by atoms with Gasteiger partial charge in [0.1, 0.15) is 0 Å². The quantitative estimate of drug-likeness (QED) is 0.777. The second-order valence-electron chi connectivity index (χ2n) is 5.14. The lowest BCUT2D eigenvalue weighted by atomic mass is 9.92. The Bertz CT molecular complexity index is 416. The maximum Gasteiger partial charge on any atom is 0.254 e. The zero-order chi connectivity index (χ0) is 13.1. The zero-order valence-corrected chi connectivity index (χ0v) is 10.8. The van der Waals surface area contributed by atoms with Crippen LogP contribution < -0.4 is 11.5 Å². The van der Waals surface area contributed by atoms with Gasteiger partial charge in [-0.3, -0.25) is 4.79 Å². The van der Waals surface area contributed by atoms with Crippen LogP contribution in [0.3, 0.4) is 0 Å². The number of benzene rings is 1. The van der Waals surface area contributed by atoms with Gasteiger partial charge in [-0.15, -0.1) is 0 Å². The fourth-order valence-corrected chi connectivity index (χ4v) is 2.53. The average molecular weight is 247 g/mol. The van der Waals surface area contributed by atoms with Crippen molar-refractivity contribution in [2.24, 2.45) is 11.7 Å². The van der Waals surface area contributed by atoms with Gasteiger partial charge in [0.05, 0.1) is 0 Å². The Balaban J connectivity index is 2.14. The number of carbonyl (C=O) groups is 1. The van der Waals surface area contributed by atoms with Crippen LogP contribution in [0, 0.1) is 5.92 Å². The lowest BCUT2D eigenvalue weighted by Crippen LogP contribution is -2.49. The maximum atomic E-state index is 12.4. The second kappa shape index (κ2) is 5.40. The molecule has 4 heteroatoms. The number of hydrogen-bond donors (Lipinski definition) is 2. The summed E-state index contributed by atoms with van der Waals surface area (Å²) in [6, 6.07) is 7.25. The van der Waals surface area contributed by atoms with Crippen LogP contribution in [0.2, 0.25) is 0 Å². The number of likely N-dealkylation sites (tertiary alicyclic amines) is 1. The van der Waals surface area contributed by atoms with Gasteiger partial charge in [-0.05, 0) is 43.0 Å². The Morgan fingerprint density at radius 3 is 2.67 bits per heavy atom. The molecule has 1 heterocycles. The molecule has 2 unspecified atom stereocenters. The number of nitrogens with zero attached hydrogens (tertiary/aromatic N) is 1. The van der Waals surface area contributed by atoms with E-state index in [1.54, 1.807) is 24.3 Å². The smallest absolute Gasteiger partial charge is 0.254 e. The van der Waals surface area contributed by atoms with Gasteiger partial charge in [-0.2, -0.15) is 0 Å². The number of rotatable bonds is 2. The molecular formula is C14H21N3O. The summed E-state index contributed by atoms with van der Waals surface area (Å²) in [5.74, 6) is 0.714. The highest BCUT2D eigenvalue weighted by atomic mass is 16.2. The first-order valence-corrected chi connectivity index (χ1v) is 6.48. The molecule has 1 aliphatic heterocycles. The molecule has 0 spiro atoms. The van der Waals surface area contributed by atoms with Crippen LogP contribution in [-0.4, -0.2) is 29.9 Å². The molecule has 1 aromatic carbocycles. The molecule has 0 aromatic heterocycles. The van der Waals surface area contributed by atoms with Crippen molar-refractivity contribution in [2.45, 2.75) is 25.8 Å². The maximum absolute atomic E-state index is 12.4. The van der Waals surface area contributed by atoms with Crippen molar-refractivity contribution in [3.05, 3.63) is 29.8 Å². The highest BCUT2D eigenvalue weighted by Crippen LogP contribution is 2.23. The summed E-state index contributed by atoms with van der Waals surface area (Å²) in [7, 11) is 0. The predicted molar refractivity (Wildman–Crippen MR) is 73.1 cm³/mol. The molecule has 98 valence electrons. The van der Waals surface area contributed by atoms with Crippen LogP contribution in [0.5, 0.6) is 0 Å². The van der Waals surface area contributed by atoms with Crippen molar-refractivity contribution < 1.29 is 4.79 Å². The molecule has 0 aliphatic carbocycles. The summed E-state index contributed by atoms with van der Waals surface area (Å²) >= 11 is 0. The lowest BCUT2D eigenvalue weighted by molar-refractivity contribution is 0.0573. The number of carbonyl (C=O) groups excluding carboxylic acids is 1. The summed E-state index contributed by atoms with van der Waals surface area (Å²) in [5.41, 5.74) is 12.8. The minimum absolute atomic E-state index is 0.0670. The molecule has 1 saturated heterocycles. The molecular weight excluding hydrogens is 226 g/mol. The molecule has 0 bridgehead atoms. The van der Waals surface area contributed by atoms with Gasteiger partial charge in [-0.1, -0.05) is 6.92 Å². The number of amides is 1. The van der Waals surface area contributed by atoms with Crippen LogP contribution in [-0.2, 0) is 0 Å². The fourth-order valence-electron chi connectivity index (χ4n) is 2.53. The van der Waals surface area contributed by atoms with Crippen molar-refractivity contribution in [3.63, 3.8) is 0 Å². The van der Waals surface area contributed by atoms with Gasteiger partial charge in [0, 0.05) is 30.4 Å². The van der Waals surface area contributed by atoms with E-state index in [9.17, 15) is 4.79 Å². The molecule has 1 amide bonds. The summed E-state index contributed by atoms with van der Waals surface area (Å²) in [4.78, 5) is 14.3. The molecule has 1 aliphatic rings. The van der Waals surface area contributed by atoms with E-state index >= 15 is 0 Å². The van der Waals surface area contributed by atoms with Gasteiger partial charge < -0.3 is 16.4 Å². The second-order valence-corrected chi connectivity index (χ2v) is 5.14. The lowest BCUT2D eigenvalue weighted by Gasteiger charge is -2.38. The molecule has 4 N–H and O–H groups in total. The van der Waals surface area contributed by atoms with Crippen LogP contribution in [0.1, 0.15) is 30.1 Å². The van der Waals surface area contributed by atoms with Gasteiger partial charge in [0.15, 0.2) is 0 Å². The highest BCUT2D eigenvalue weighted by Gasteiger charge is 2.29. The highest BCUT2D eigenvalue weighted by molar-refractivity contribution is 5.94. The molecule has 1 aromatic rings. The number of anilines is 1. The van der Waals surface area contributed by atoms with Gasteiger partial charge >= 0.3 is 0 Å². The average Bonchev–Trinajstić information content (AvgIpc) is 2.38. The van der Waals surface area contributed by atoms with Crippen molar-refractivity contribution >= 4 is 11.6 Å². The van der Waals surface area contributed by atoms with Crippen molar-refractivity contribution in [2.75, 3.05) is 18.8 Å². The van der Waals surface area contributed by atoms with Gasteiger partial charge in [0.2, 0.25) is 0 Å². The molecule has 2 rings (SSSR count).